The van der Waals surface area contributed by atoms with Crippen LogP contribution in [-0.2, 0) is 4.74 Å². The van der Waals surface area contributed by atoms with Crippen molar-refractivity contribution in [1.29, 1.82) is 0 Å². The fraction of sp³-hybridized carbons (Fsp3) is 0.333. The van der Waals surface area contributed by atoms with Crippen LogP contribution >= 0.6 is 23.3 Å². The Morgan fingerprint density at radius 2 is 1.89 bits per heavy atom. The number of anilines is 3. The smallest absolute Gasteiger partial charge is 0.187 e. The van der Waals surface area contributed by atoms with Gasteiger partial charge in [0.15, 0.2) is 11.0 Å². The van der Waals surface area contributed by atoms with E-state index in [9.17, 15) is 0 Å². The molecule has 2 heterocycles. The monoisotopic (exact) mass is 296 g/mol. The molecule has 0 bridgehead atoms. The number of rotatable bonds is 3. The van der Waals surface area contributed by atoms with Gasteiger partial charge in [-0.1, -0.05) is 11.6 Å². The van der Waals surface area contributed by atoms with E-state index in [2.05, 4.69) is 31.1 Å². The van der Waals surface area contributed by atoms with Crippen LogP contribution in [0.25, 0.3) is 0 Å². The van der Waals surface area contributed by atoms with Gasteiger partial charge < -0.3 is 15.0 Å². The van der Waals surface area contributed by atoms with Crippen molar-refractivity contribution in [1.82, 2.24) is 8.75 Å². The van der Waals surface area contributed by atoms with Gasteiger partial charge in [0.2, 0.25) is 0 Å². The zero-order valence-electron chi connectivity index (χ0n) is 10.2. The minimum atomic E-state index is 0.405. The highest BCUT2D eigenvalue weighted by Crippen LogP contribution is 2.25. The van der Waals surface area contributed by atoms with Crippen molar-refractivity contribution in [3.8, 4) is 0 Å². The second-order valence-electron chi connectivity index (χ2n) is 4.17. The molecule has 0 amide bonds. The molecule has 2 aromatic rings. The Kier molecular flexibility index (Phi) is 3.82. The molecular weight excluding hydrogens is 284 g/mol. The van der Waals surface area contributed by atoms with E-state index in [1.807, 2.05) is 12.1 Å². The van der Waals surface area contributed by atoms with Crippen LogP contribution in [0.1, 0.15) is 0 Å². The molecule has 1 aliphatic rings. The first kappa shape index (κ1) is 12.7. The molecule has 0 atom stereocenters. The van der Waals surface area contributed by atoms with E-state index in [0.717, 1.165) is 43.7 Å². The Morgan fingerprint density at radius 1 is 1.16 bits per heavy atom. The summed E-state index contributed by atoms with van der Waals surface area (Å²) >= 11 is 6.99. The van der Waals surface area contributed by atoms with Crippen molar-refractivity contribution < 1.29 is 4.74 Å². The van der Waals surface area contributed by atoms with Crippen LogP contribution in [0.4, 0.5) is 17.2 Å². The maximum absolute atomic E-state index is 5.89. The molecule has 100 valence electrons. The molecule has 1 N–H and O–H groups in total. The maximum atomic E-state index is 5.89. The van der Waals surface area contributed by atoms with Crippen molar-refractivity contribution in [2.45, 2.75) is 0 Å². The third-order valence-electron chi connectivity index (χ3n) is 2.95. The summed E-state index contributed by atoms with van der Waals surface area (Å²) in [5, 5.41) is 3.55. The standard InChI is InChI=1S/C12H13ClN4OS/c13-11-12(16-19-15-11)14-9-1-3-10(4-2-9)17-5-7-18-8-6-17/h1-4H,5-8H2,(H,14,16). The van der Waals surface area contributed by atoms with E-state index in [4.69, 9.17) is 16.3 Å². The Balaban J connectivity index is 1.70. The molecule has 1 aromatic carbocycles. The SMILES string of the molecule is Clc1nsnc1Nc1ccc(N2CCOCC2)cc1. The van der Waals surface area contributed by atoms with Gasteiger partial charge in [-0.2, -0.15) is 8.75 Å². The fourth-order valence-electron chi connectivity index (χ4n) is 1.97. The number of hydrogen-bond donors (Lipinski definition) is 1. The predicted molar refractivity (Wildman–Crippen MR) is 77.7 cm³/mol. The number of halogens is 1. The second-order valence-corrected chi connectivity index (χ2v) is 5.06. The summed E-state index contributed by atoms with van der Waals surface area (Å²) in [6.45, 7) is 3.46. The maximum Gasteiger partial charge on any atom is 0.187 e. The highest BCUT2D eigenvalue weighted by atomic mass is 35.5. The van der Waals surface area contributed by atoms with E-state index >= 15 is 0 Å². The van der Waals surface area contributed by atoms with E-state index < -0.39 is 0 Å². The van der Waals surface area contributed by atoms with Gasteiger partial charge in [-0.15, -0.1) is 0 Å². The van der Waals surface area contributed by atoms with Crippen molar-refractivity contribution in [3.05, 3.63) is 29.4 Å². The van der Waals surface area contributed by atoms with Crippen LogP contribution in [0.5, 0.6) is 0 Å². The molecule has 0 unspecified atom stereocenters. The third-order valence-corrected chi connectivity index (χ3v) is 3.85. The van der Waals surface area contributed by atoms with Gasteiger partial charge in [-0.05, 0) is 24.3 Å². The molecule has 19 heavy (non-hydrogen) atoms. The number of hydrogen-bond acceptors (Lipinski definition) is 6. The number of aromatic nitrogens is 2. The number of nitrogens with zero attached hydrogens (tertiary/aromatic N) is 3. The topological polar surface area (TPSA) is 50.3 Å². The van der Waals surface area contributed by atoms with E-state index in [0.29, 0.717) is 11.0 Å². The van der Waals surface area contributed by atoms with Crippen molar-refractivity contribution >= 4 is 40.5 Å². The van der Waals surface area contributed by atoms with Gasteiger partial charge in [0.1, 0.15) is 0 Å². The van der Waals surface area contributed by atoms with Crippen LogP contribution in [-0.4, -0.2) is 35.1 Å². The van der Waals surface area contributed by atoms with Gasteiger partial charge >= 0.3 is 0 Å². The first-order valence-corrected chi connectivity index (χ1v) is 7.11. The highest BCUT2D eigenvalue weighted by Gasteiger charge is 2.11. The third kappa shape index (κ3) is 2.97. The number of ether oxygens (including phenoxy) is 1. The summed E-state index contributed by atoms with van der Waals surface area (Å²) < 4.78 is 13.3. The quantitative estimate of drug-likeness (QED) is 0.944. The van der Waals surface area contributed by atoms with Crippen LogP contribution in [0.2, 0.25) is 5.15 Å². The Morgan fingerprint density at radius 3 is 2.53 bits per heavy atom. The largest absolute Gasteiger partial charge is 0.378 e. The summed E-state index contributed by atoms with van der Waals surface area (Å²) in [5.41, 5.74) is 2.16. The normalized spacial score (nSPS) is 15.5. The lowest BCUT2D eigenvalue weighted by atomic mass is 10.2. The number of nitrogens with one attached hydrogen (secondary N) is 1. The van der Waals surface area contributed by atoms with Crippen LogP contribution in [0.3, 0.4) is 0 Å². The zero-order valence-corrected chi connectivity index (χ0v) is 11.7. The van der Waals surface area contributed by atoms with Gasteiger partial charge in [-0.25, -0.2) is 0 Å². The summed E-state index contributed by atoms with van der Waals surface area (Å²) in [6.07, 6.45) is 0. The summed E-state index contributed by atoms with van der Waals surface area (Å²) in [6, 6.07) is 8.20. The van der Waals surface area contributed by atoms with Crippen molar-refractivity contribution in [3.63, 3.8) is 0 Å². The average Bonchev–Trinajstić information content (AvgIpc) is 2.86. The molecule has 0 saturated carbocycles. The highest BCUT2D eigenvalue weighted by molar-refractivity contribution is 6.99. The predicted octanol–water partition coefficient (Wildman–Crippen LogP) is 2.77. The van der Waals surface area contributed by atoms with Gasteiger partial charge in [0.05, 0.1) is 24.9 Å². The molecule has 1 saturated heterocycles. The molecule has 1 aromatic heterocycles. The average molecular weight is 297 g/mol. The first-order chi connectivity index (χ1) is 9.33. The van der Waals surface area contributed by atoms with Crippen LogP contribution in [0.15, 0.2) is 24.3 Å². The van der Waals surface area contributed by atoms with Gasteiger partial charge in [0.25, 0.3) is 0 Å². The zero-order chi connectivity index (χ0) is 13.1. The minimum absolute atomic E-state index is 0.405. The van der Waals surface area contributed by atoms with E-state index in [1.165, 1.54) is 5.69 Å². The van der Waals surface area contributed by atoms with E-state index in [1.54, 1.807) is 0 Å². The van der Waals surface area contributed by atoms with Gasteiger partial charge in [-0.3, -0.25) is 0 Å². The van der Waals surface area contributed by atoms with Crippen molar-refractivity contribution in [2.75, 3.05) is 36.5 Å². The van der Waals surface area contributed by atoms with Crippen LogP contribution in [0, 0.1) is 0 Å². The Bertz CT molecular complexity index is 539. The lowest BCUT2D eigenvalue weighted by Gasteiger charge is -2.28. The lowest BCUT2D eigenvalue weighted by Crippen LogP contribution is -2.36. The van der Waals surface area contributed by atoms with E-state index in [-0.39, 0.29) is 0 Å². The molecule has 5 nitrogen and oxygen atoms in total. The van der Waals surface area contributed by atoms with Crippen LogP contribution < -0.4 is 10.2 Å². The molecule has 3 rings (SSSR count). The summed E-state index contributed by atoms with van der Waals surface area (Å²) in [7, 11) is 0. The lowest BCUT2D eigenvalue weighted by molar-refractivity contribution is 0.122. The summed E-state index contributed by atoms with van der Waals surface area (Å²) in [5.74, 6) is 0.603. The fourth-order valence-corrected chi connectivity index (χ4v) is 2.61. The Hall–Kier alpha value is -1.37. The number of benzene rings is 1. The molecule has 1 fully saturated rings. The Labute approximate surface area is 120 Å². The summed E-state index contributed by atoms with van der Waals surface area (Å²) in [4.78, 5) is 2.31. The molecule has 7 heteroatoms. The first-order valence-electron chi connectivity index (χ1n) is 6.01. The second kappa shape index (κ2) is 5.73. The molecular formula is C12H13ClN4OS. The van der Waals surface area contributed by atoms with Crippen molar-refractivity contribution in [2.24, 2.45) is 0 Å². The molecule has 0 spiro atoms. The molecule has 0 aliphatic carbocycles. The minimum Gasteiger partial charge on any atom is -0.378 e. The molecule has 1 aliphatic heterocycles. The van der Waals surface area contributed by atoms with Gasteiger partial charge in [0, 0.05) is 24.5 Å². The number of morpholine rings is 1. The molecule has 0 radical (unpaired) electrons.